The number of carboxylic acid groups (broad SMARTS) is 1. The van der Waals surface area contributed by atoms with E-state index >= 15 is 0 Å². The molecule has 1 aliphatic heterocycles. The molecule has 0 bridgehead atoms. The molecule has 0 radical (unpaired) electrons. The number of halogens is 1. The molecule has 1 heterocycles. The number of para-hydroxylation sites is 1. The Balaban J connectivity index is 1.50. The van der Waals surface area contributed by atoms with E-state index in [-0.39, 0.29) is 12.2 Å². The van der Waals surface area contributed by atoms with Gasteiger partial charge in [0.2, 0.25) is 0 Å². The second kappa shape index (κ2) is 8.99. The van der Waals surface area contributed by atoms with Crippen LogP contribution in [0.2, 0.25) is 0 Å². The van der Waals surface area contributed by atoms with E-state index in [1.165, 1.54) is 17.2 Å². The lowest BCUT2D eigenvalue weighted by Crippen LogP contribution is -2.26. The predicted molar refractivity (Wildman–Crippen MR) is 115 cm³/mol. The zero-order valence-corrected chi connectivity index (χ0v) is 16.7. The van der Waals surface area contributed by atoms with Gasteiger partial charge in [-0.2, -0.15) is 0 Å². The van der Waals surface area contributed by atoms with Crippen LogP contribution in [0.25, 0.3) is 0 Å². The van der Waals surface area contributed by atoms with Crippen LogP contribution in [0, 0.1) is 5.82 Å². The van der Waals surface area contributed by atoms with Gasteiger partial charge in [0.25, 0.3) is 0 Å². The Kier molecular flexibility index (Phi) is 5.98. The highest BCUT2D eigenvalue weighted by Gasteiger charge is 2.18. The fraction of sp³-hybridized carbons (Fsp3) is 0.240. The van der Waals surface area contributed by atoms with Crippen LogP contribution in [0.4, 0.5) is 10.1 Å². The summed E-state index contributed by atoms with van der Waals surface area (Å²) in [4.78, 5) is 12.9. The van der Waals surface area contributed by atoms with Crippen LogP contribution in [-0.4, -0.2) is 24.2 Å². The normalized spacial score (nSPS) is 13.4. The zero-order chi connectivity index (χ0) is 20.9. The number of ether oxygens (including phenoxy) is 1. The van der Waals surface area contributed by atoms with Crippen LogP contribution >= 0.6 is 0 Å². The maximum absolute atomic E-state index is 14.6. The van der Waals surface area contributed by atoms with Gasteiger partial charge in [0, 0.05) is 25.6 Å². The van der Waals surface area contributed by atoms with Crippen LogP contribution in [0.5, 0.6) is 11.5 Å². The second-order valence-corrected chi connectivity index (χ2v) is 7.51. The van der Waals surface area contributed by atoms with Gasteiger partial charge in [0.1, 0.15) is 17.3 Å². The van der Waals surface area contributed by atoms with Crippen molar-refractivity contribution in [2.45, 2.75) is 25.7 Å². The number of benzene rings is 3. The number of hydrogen-bond donors (Lipinski definition) is 1. The van der Waals surface area contributed by atoms with Crippen molar-refractivity contribution in [1.29, 1.82) is 0 Å². The molecule has 0 aromatic heterocycles. The van der Waals surface area contributed by atoms with Crippen molar-refractivity contribution in [3.05, 3.63) is 89.2 Å². The number of aliphatic carboxylic acids is 1. The van der Waals surface area contributed by atoms with Gasteiger partial charge in [-0.25, -0.2) is 4.39 Å². The van der Waals surface area contributed by atoms with E-state index in [9.17, 15) is 9.18 Å². The van der Waals surface area contributed by atoms with Gasteiger partial charge in [0.15, 0.2) is 0 Å². The van der Waals surface area contributed by atoms with Gasteiger partial charge in [-0.3, -0.25) is 4.79 Å². The smallest absolute Gasteiger partial charge is 0.303 e. The lowest BCUT2D eigenvalue weighted by molar-refractivity contribution is -0.136. The molecule has 0 atom stereocenters. The fourth-order valence-corrected chi connectivity index (χ4v) is 3.85. The van der Waals surface area contributed by atoms with Crippen molar-refractivity contribution >= 4 is 11.7 Å². The first-order valence-corrected chi connectivity index (χ1v) is 10.2. The Labute approximate surface area is 175 Å². The van der Waals surface area contributed by atoms with Crippen molar-refractivity contribution in [2.75, 3.05) is 18.0 Å². The van der Waals surface area contributed by atoms with E-state index in [4.69, 9.17) is 9.84 Å². The number of fused-ring (bicyclic) bond motifs is 1. The number of carbonyl (C=O) groups is 1. The molecule has 0 aliphatic carbocycles. The molecular weight excluding hydrogens is 381 g/mol. The molecular formula is C25H24FNO3. The van der Waals surface area contributed by atoms with Crippen molar-refractivity contribution < 1.29 is 19.0 Å². The van der Waals surface area contributed by atoms with Crippen LogP contribution in [0.1, 0.15) is 23.1 Å². The van der Waals surface area contributed by atoms with E-state index in [1.54, 1.807) is 12.1 Å². The summed E-state index contributed by atoms with van der Waals surface area (Å²) in [5.74, 6) is 0.273. The Morgan fingerprint density at radius 3 is 2.47 bits per heavy atom. The fourth-order valence-electron chi connectivity index (χ4n) is 3.85. The third-order valence-electron chi connectivity index (χ3n) is 5.44. The Bertz CT molecular complexity index is 1040. The maximum atomic E-state index is 14.6. The van der Waals surface area contributed by atoms with Crippen LogP contribution < -0.4 is 9.64 Å². The average Bonchev–Trinajstić information content (AvgIpc) is 2.96. The summed E-state index contributed by atoms with van der Waals surface area (Å²) in [5, 5.41) is 8.91. The monoisotopic (exact) mass is 405 g/mol. The highest BCUT2D eigenvalue weighted by molar-refractivity contribution is 5.67. The number of nitrogens with zero attached hydrogens (tertiary/aromatic N) is 1. The number of aryl methyl sites for hydroxylation is 1. The largest absolute Gasteiger partial charge is 0.481 e. The first kappa shape index (κ1) is 20.0. The van der Waals surface area contributed by atoms with E-state index in [0.717, 1.165) is 18.4 Å². The summed E-state index contributed by atoms with van der Waals surface area (Å²) in [5.41, 5.74) is 4.04. The standard InChI is InChI=1S/C25H24FNO3/c26-23-10-9-22(30-21-4-2-1-3-5-21)17-24(23)27-14-12-19-8-6-18(7-11-25(28)29)16-20(19)13-15-27/h1-6,8-10,16-17H,7,11-15H2,(H,28,29). The number of hydrogen-bond acceptors (Lipinski definition) is 3. The summed E-state index contributed by atoms with van der Waals surface area (Å²) in [7, 11) is 0. The summed E-state index contributed by atoms with van der Waals surface area (Å²) >= 11 is 0. The van der Waals surface area contributed by atoms with Gasteiger partial charge in [0.05, 0.1) is 5.69 Å². The SMILES string of the molecule is O=C(O)CCc1ccc2c(c1)CCN(c1cc(Oc3ccccc3)ccc1F)CC2. The second-order valence-electron chi connectivity index (χ2n) is 7.51. The quantitative estimate of drug-likeness (QED) is 0.609. The summed E-state index contributed by atoms with van der Waals surface area (Å²) < 4.78 is 20.5. The maximum Gasteiger partial charge on any atom is 0.303 e. The summed E-state index contributed by atoms with van der Waals surface area (Å²) in [6.07, 6.45) is 2.27. The van der Waals surface area contributed by atoms with E-state index < -0.39 is 5.97 Å². The summed E-state index contributed by atoms with van der Waals surface area (Å²) in [6, 6.07) is 20.5. The molecule has 0 fully saturated rings. The lowest BCUT2D eigenvalue weighted by atomic mass is 9.98. The van der Waals surface area contributed by atoms with Crippen molar-refractivity contribution in [1.82, 2.24) is 0 Å². The third-order valence-corrected chi connectivity index (χ3v) is 5.44. The Hall–Kier alpha value is -3.34. The van der Waals surface area contributed by atoms with Gasteiger partial charge in [-0.05, 0) is 60.2 Å². The molecule has 0 unspecified atom stereocenters. The number of carboxylic acids is 1. The zero-order valence-electron chi connectivity index (χ0n) is 16.7. The first-order chi connectivity index (χ1) is 14.6. The molecule has 4 nitrogen and oxygen atoms in total. The molecule has 0 spiro atoms. The number of rotatable bonds is 6. The van der Waals surface area contributed by atoms with Crippen molar-refractivity contribution in [3.63, 3.8) is 0 Å². The molecule has 4 rings (SSSR count). The van der Waals surface area contributed by atoms with Gasteiger partial charge >= 0.3 is 5.97 Å². The first-order valence-electron chi connectivity index (χ1n) is 10.2. The predicted octanol–water partition coefficient (Wildman–Crippen LogP) is 5.24. The lowest BCUT2D eigenvalue weighted by Gasteiger charge is -2.23. The molecule has 0 saturated heterocycles. The van der Waals surface area contributed by atoms with Crippen LogP contribution in [-0.2, 0) is 24.1 Å². The molecule has 30 heavy (non-hydrogen) atoms. The highest BCUT2D eigenvalue weighted by atomic mass is 19.1. The van der Waals surface area contributed by atoms with Crippen molar-refractivity contribution in [2.24, 2.45) is 0 Å². The van der Waals surface area contributed by atoms with E-state index in [1.807, 2.05) is 36.4 Å². The van der Waals surface area contributed by atoms with Gasteiger partial charge in [-0.15, -0.1) is 0 Å². The minimum Gasteiger partial charge on any atom is -0.481 e. The van der Waals surface area contributed by atoms with Crippen LogP contribution in [0.3, 0.4) is 0 Å². The van der Waals surface area contributed by atoms with Crippen LogP contribution in [0.15, 0.2) is 66.7 Å². The Morgan fingerprint density at radius 2 is 1.70 bits per heavy atom. The minimum atomic E-state index is -0.788. The third kappa shape index (κ3) is 4.79. The van der Waals surface area contributed by atoms with E-state index in [0.29, 0.717) is 36.7 Å². The highest BCUT2D eigenvalue weighted by Crippen LogP contribution is 2.30. The molecule has 5 heteroatoms. The van der Waals surface area contributed by atoms with E-state index in [2.05, 4.69) is 17.0 Å². The molecule has 0 amide bonds. The molecule has 1 N–H and O–H groups in total. The molecule has 1 aliphatic rings. The minimum absolute atomic E-state index is 0.129. The molecule has 0 saturated carbocycles. The Morgan fingerprint density at radius 1 is 0.933 bits per heavy atom. The number of anilines is 1. The van der Waals surface area contributed by atoms with Gasteiger partial charge < -0.3 is 14.7 Å². The average molecular weight is 405 g/mol. The topological polar surface area (TPSA) is 49.8 Å². The van der Waals surface area contributed by atoms with Gasteiger partial charge in [-0.1, -0.05) is 36.4 Å². The summed E-state index contributed by atoms with van der Waals surface area (Å²) in [6.45, 7) is 1.41. The van der Waals surface area contributed by atoms with Crippen molar-refractivity contribution in [3.8, 4) is 11.5 Å². The molecule has 154 valence electrons. The molecule has 3 aromatic carbocycles. The molecule has 3 aromatic rings.